The summed E-state index contributed by atoms with van der Waals surface area (Å²) >= 11 is 4.20. The van der Waals surface area contributed by atoms with Crippen LogP contribution in [-0.4, -0.2) is 30.3 Å². The van der Waals surface area contributed by atoms with E-state index in [0.29, 0.717) is 18.4 Å². The second-order valence-corrected chi connectivity index (χ2v) is 7.52. The van der Waals surface area contributed by atoms with E-state index >= 15 is 0 Å². The zero-order valence-corrected chi connectivity index (χ0v) is 17.7. The summed E-state index contributed by atoms with van der Waals surface area (Å²) in [7, 11) is 1.38. The number of halogens is 2. The molecule has 6 nitrogen and oxygen atoms in total. The normalized spacial score (nSPS) is 10.8. The number of hydrogen-bond acceptors (Lipinski definition) is 5. The summed E-state index contributed by atoms with van der Waals surface area (Å²) in [5, 5.41) is 13.8. The highest BCUT2D eigenvalue weighted by molar-refractivity contribution is 14.1. The summed E-state index contributed by atoms with van der Waals surface area (Å²) in [5.74, 6) is -0.214. The van der Waals surface area contributed by atoms with Gasteiger partial charge in [-0.2, -0.15) is 5.10 Å². The van der Waals surface area contributed by atoms with Crippen LogP contribution in [0.5, 0.6) is 5.75 Å². The Kier molecular flexibility index (Phi) is 10.2. The molecule has 0 atom stereocenters. The second kappa shape index (κ2) is 11.6. The van der Waals surface area contributed by atoms with Crippen LogP contribution in [0.15, 0.2) is 17.2 Å². The molecule has 132 valence electrons. The number of phenols is 1. The van der Waals surface area contributed by atoms with Gasteiger partial charge in [0.05, 0.1) is 16.9 Å². The van der Waals surface area contributed by atoms with Crippen molar-refractivity contribution in [1.29, 1.82) is 0 Å². The van der Waals surface area contributed by atoms with Gasteiger partial charge < -0.3 is 9.84 Å². The molecule has 0 aromatic heterocycles. The first-order valence-corrected chi connectivity index (χ1v) is 9.66. The number of hydrazone groups is 1. The van der Waals surface area contributed by atoms with Crippen LogP contribution in [0.25, 0.3) is 0 Å². The van der Waals surface area contributed by atoms with Crippen LogP contribution in [-0.2, 0) is 14.3 Å². The average Bonchev–Trinajstić information content (AvgIpc) is 2.54. The summed E-state index contributed by atoms with van der Waals surface area (Å²) in [6.45, 7) is 0. The van der Waals surface area contributed by atoms with Gasteiger partial charge in [-0.15, -0.1) is 0 Å². The fourth-order valence-corrected chi connectivity index (χ4v) is 3.81. The maximum Gasteiger partial charge on any atom is 0.305 e. The van der Waals surface area contributed by atoms with E-state index in [0.717, 1.165) is 32.8 Å². The predicted octanol–water partition coefficient (Wildman–Crippen LogP) is 3.57. The van der Waals surface area contributed by atoms with Gasteiger partial charge in [-0.05, 0) is 70.2 Å². The van der Waals surface area contributed by atoms with E-state index in [4.69, 9.17) is 0 Å². The quantitative estimate of drug-likeness (QED) is 0.160. The highest BCUT2D eigenvalue weighted by Gasteiger charge is 2.06. The second-order valence-electron chi connectivity index (χ2n) is 5.11. The van der Waals surface area contributed by atoms with Crippen LogP contribution in [0.2, 0.25) is 0 Å². The molecule has 1 aromatic rings. The molecule has 0 spiro atoms. The molecular formula is C16H20I2N2O4. The number of hydrogen-bond donors (Lipinski definition) is 2. The maximum absolute atomic E-state index is 11.7. The van der Waals surface area contributed by atoms with Gasteiger partial charge in [0.1, 0.15) is 5.75 Å². The van der Waals surface area contributed by atoms with Crippen molar-refractivity contribution >= 4 is 63.3 Å². The summed E-state index contributed by atoms with van der Waals surface area (Å²) in [5.41, 5.74) is 3.02. The Balaban J connectivity index is 2.26. The van der Waals surface area contributed by atoms with Crippen LogP contribution in [0.1, 0.15) is 44.1 Å². The van der Waals surface area contributed by atoms with Crippen molar-refractivity contribution < 1.29 is 19.4 Å². The van der Waals surface area contributed by atoms with Gasteiger partial charge in [0.15, 0.2) is 0 Å². The summed E-state index contributed by atoms with van der Waals surface area (Å²) in [6, 6.07) is 3.64. The molecule has 0 heterocycles. The Morgan fingerprint density at radius 3 is 2.54 bits per heavy atom. The minimum Gasteiger partial charge on any atom is -0.506 e. The van der Waals surface area contributed by atoms with Gasteiger partial charge in [-0.25, -0.2) is 5.43 Å². The van der Waals surface area contributed by atoms with Crippen LogP contribution in [0.3, 0.4) is 0 Å². The number of benzene rings is 1. The topological polar surface area (TPSA) is 88.0 Å². The first kappa shape index (κ1) is 21.1. The van der Waals surface area contributed by atoms with Gasteiger partial charge in [-0.1, -0.05) is 12.8 Å². The molecule has 1 aromatic carbocycles. The Bertz CT molecular complexity index is 606. The van der Waals surface area contributed by atoms with E-state index in [1.807, 2.05) is 28.7 Å². The Hall–Kier alpha value is -0.910. The van der Waals surface area contributed by atoms with Crippen molar-refractivity contribution in [2.45, 2.75) is 38.5 Å². The smallest absolute Gasteiger partial charge is 0.305 e. The van der Waals surface area contributed by atoms with Gasteiger partial charge in [0.25, 0.3) is 0 Å². The first-order chi connectivity index (χ1) is 11.4. The SMILES string of the molecule is COC(=O)CCCCCCC(=O)N/N=C/c1cc(I)cc(I)c1O. The monoisotopic (exact) mass is 558 g/mol. The number of aromatic hydroxyl groups is 1. The zero-order chi connectivity index (χ0) is 17.9. The third-order valence-electron chi connectivity index (χ3n) is 3.21. The molecule has 2 N–H and O–H groups in total. The van der Waals surface area contributed by atoms with Gasteiger partial charge >= 0.3 is 5.97 Å². The Labute approximate surface area is 168 Å². The number of carbonyl (C=O) groups is 2. The standard InChI is InChI=1S/C16H20I2N2O4/c1-24-15(22)7-5-3-2-4-6-14(21)20-19-10-11-8-12(17)9-13(18)16(11)23/h8-10,23H,2-7H2,1H3,(H,20,21)/b19-10+. The lowest BCUT2D eigenvalue weighted by Crippen LogP contribution is -2.17. The van der Waals surface area contributed by atoms with Crippen molar-refractivity contribution in [3.63, 3.8) is 0 Å². The van der Waals surface area contributed by atoms with E-state index in [-0.39, 0.29) is 17.6 Å². The van der Waals surface area contributed by atoms with Crippen molar-refractivity contribution in [2.24, 2.45) is 5.10 Å². The van der Waals surface area contributed by atoms with Gasteiger partial charge in [0, 0.05) is 22.0 Å². The van der Waals surface area contributed by atoms with Crippen molar-refractivity contribution in [2.75, 3.05) is 7.11 Å². The van der Waals surface area contributed by atoms with Gasteiger partial charge in [0.2, 0.25) is 5.91 Å². The number of nitrogens with one attached hydrogen (secondary N) is 1. The van der Waals surface area contributed by atoms with Crippen LogP contribution < -0.4 is 5.43 Å². The number of phenolic OH excluding ortho intramolecular Hbond substituents is 1. The molecule has 1 amide bonds. The minimum absolute atomic E-state index is 0.152. The number of esters is 1. The number of unbranched alkanes of at least 4 members (excludes halogenated alkanes) is 3. The van der Waals surface area contributed by atoms with Crippen LogP contribution in [0, 0.1) is 7.14 Å². The van der Waals surface area contributed by atoms with Crippen LogP contribution in [0.4, 0.5) is 0 Å². The van der Waals surface area contributed by atoms with Crippen molar-refractivity contribution in [3.05, 3.63) is 24.8 Å². The predicted molar refractivity (Wildman–Crippen MR) is 109 cm³/mol. The minimum atomic E-state index is -0.199. The lowest BCUT2D eigenvalue weighted by atomic mass is 10.1. The van der Waals surface area contributed by atoms with E-state index < -0.39 is 0 Å². The van der Waals surface area contributed by atoms with Crippen molar-refractivity contribution in [1.82, 2.24) is 5.43 Å². The molecule has 0 aliphatic heterocycles. The molecule has 0 radical (unpaired) electrons. The third-order valence-corrected chi connectivity index (χ3v) is 4.66. The lowest BCUT2D eigenvalue weighted by molar-refractivity contribution is -0.140. The fraction of sp³-hybridized carbons (Fsp3) is 0.438. The molecular weight excluding hydrogens is 538 g/mol. The van der Waals surface area contributed by atoms with Crippen LogP contribution >= 0.6 is 45.2 Å². The zero-order valence-electron chi connectivity index (χ0n) is 13.3. The third kappa shape index (κ3) is 8.27. The number of amides is 1. The number of methoxy groups -OCH3 is 1. The summed E-state index contributed by atoms with van der Waals surface area (Å²) < 4.78 is 6.28. The highest BCUT2D eigenvalue weighted by atomic mass is 127. The fourth-order valence-electron chi connectivity index (χ4n) is 1.92. The summed E-state index contributed by atoms with van der Waals surface area (Å²) in [6.07, 6.45) is 5.53. The molecule has 0 saturated carbocycles. The highest BCUT2D eigenvalue weighted by Crippen LogP contribution is 2.25. The molecule has 0 unspecified atom stereocenters. The van der Waals surface area contributed by atoms with Crippen molar-refractivity contribution in [3.8, 4) is 5.75 Å². The first-order valence-electron chi connectivity index (χ1n) is 7.50. The average molecular weight is 558 g/mol. The molecule has 0 saturated heterocycles. The molecule has 0 aliphatic carbocycles. The molecule has 8 heteroatoms. The Morgan fingerprint density at radius 2 is 1.88 bits per heavy atom. The van der Waals surface area contributed by atoms with E-state index in [1.165, 1.54) is 13.3 Å². The number of rotatable bonds is 9. The largest absolute Gasteiger partial charge is 0.506 e. The molecule has 0 fully saturated rings. The van der Waals surface area contributed by atoms with Gasteiger partial charge in [-0.3, -0.25) is 9.59 Å². The molecule has 0 bridgehead atoms. The lowest BCUT2D eigenvalue weighted by Gasteiger charge is -2.03. The van der Waals surface area contributed by atoms with E-state index in [2.05, 4.69) is 37.9 Å². The number of nitrogens with zero attached hydrogens (tertiary/aromatic N) is 1. The number of carbonyl (C=O) groups excluding carboxylic acids is 2. The molecule has 0 aliphatic rings. The van der Waals surface area contributed by atoms with E-state index in [9.17, 15) is 14.7 Å². The molecule has 24 heavy (non-hydrogen) atoms. The number of ether oxygens (including phenoxy) is 1. The summed E-state index contributed by atoms with van der Waals surface area (Å²) in [4.78, 5) is 22.6. The van der Waals surface area contributed by atoms with E-state index in [1.54, 1.807) is 6.07 Å². The Morgan fingerprint density at radius 1 is 1.21 bits per heavy atom. The molecule has 1 rings (SSSR count). The maximum atomic E-state index is 11.7.